The number of hydrogen-bond donors (Lipinski definition) is 3. The lowest BCUT2D eigenvalue weighted by atomic mass is 10.0. The van der Waals surface area contributed by atoms with E-state index >= 15 is 0 Å². The normalized spacial score (nSPS) is 23.6. The molecule has 0 spiro atoms. The second-order valence-electron chi connectivity index (χ2n) is 5.73. The van der Waals surface area contributed by atoms with Gasteiger partial charge in [0, 0.05) is 24.8 Å². The van der Waals surface area contributed by atoms with Gasteiger partial charge in [0.1, 0.15) is 0 Å². The molecule has 3 N–H and O–H groups in total. The number of H-pyrrole nitrogens is 1. The standard InChI is InChI=1S/C12H22N4O3S/c1-9(2)13-6-10-7-14-15-11(10)20(17,18)16-12(3)4-5-19-8-12/h7,9,13,16H,4-6,8H2,1-3H3,(H,14,15). The van der Waals surface area contributed by atoms with Gasteiger partial charge in [-0.25, -0.2) is 13.1 Å². The van der Waals surface area contributed by atoms with Crippen LogP contribution in [0.5, 0.6) is 0 Å². The molecule has 0 radical (unpaired) electrons. The van der Waals surface area contributed by atoms with Crippen molar-refractivity contribution in [3.63, 3.8) is 0 Å². The minimum absolute atomic E-state index is 0.124. The average molecular weight is 302 g/mol. The van der Waals surface area contributed by atoms with Crippen molar-refractivity contribution in [2.75, 3.05) is 13.2 Å². The van der Waals surface area contributed by atoms with Crippen LogP contribution in [0.25, 0.3) is 0 Å². The third kappa shape index (κ3) is 3.57. The van der Waals surface area contributed by atoms with Crippen molar-refractivity contribution >= 4 is 10.0 Å². The van der Waals surface area contributed by atoms with Gasteiger partial charge >= 0.3 is 0 Å². The minimum atomic E-state index is -3.63. The predicted molar refractivity (Wildman–Crippen MR) is 74.7 cm³/mol. The Morgan fingerprint density at radius 3 is 2.90 bits per heavy atom. The molecule has 0 amide bonds. The highest BCUT2D eigenvalue weighted by atomic mass is 32.2. The van der Waals surface area contributed by atoms with Crippen molar-refractivity contribution in [2.45, 2.75) is 50.3 Å². The first-order valence-electron chi connectivity index (χ1n) is 6.70. The molecule has 0 aromatic carbocycles. The molecule has 1 aromatic heterocycles. The molecular weight excluding hydrogens is 280 g/mol. The maximum atomic E-state index is 12.5. The van der Waals surface area contributed by atoms with Crippen molar-refractivity contribution in [3.8, 4) is 0 Å². The number of sulfonamides is 1. The first-order chi connectivity index (χ1) is 9.32. The van der Waals surface area contributed by atoms with E-state index in [-0.39, 0.29) is 11.1 Å². The van der Waals surface area contributed by atoms with E-state index in [1.54, 1.807) is 0 Å². The van der Waals surface area contributed by atoms with Crippen molar-refractivity contribution in [3.05, 3.63) is 11.8 Å². The van der Waals surface area contributed by atoms with Crippen LogP contribution in [-0.4, -0.2) is 43.4 Å². The summed E-state index contributed by atoms with van der Waals surface area (Å²) in [6.45, 7) is 7.27. The van der Waals surface area contributed by atoms with E-state index in [9.17, 15) is 8.42 Å². The van der Waals surface area contributed by atoms with Gasteiger partial charge in [-0.15, -0.1) is 0 Å². The van der Waals surface area contributed by atoms with Gasteiger partial charge in [-0.3, -0.25) is 5.10 Å². The SMILES string of the molecule is CC(C)NCc1cn[nH]c1S(=O)(=O)NC1(C)CCOC1. The fourth-order valence-corrected chi connectivity index (χ4v) is 3.65. The summed E-state index contributed by atoms with van der Waals surface area (Å²) in [7, 11) is -3.63. The molecule has 1 unspecified atom stereocenters. The van der Waals surface area contributed by atoms with Crippen LogP contribution >= 0.6 is 0 Å². The largest absolute Gasteiger partial charge is 0.379 e. The van der Waals surface area contributed by atoms with E-state index in [4.69, 9.17) is 4.74 Å². The van der Waals surface area contributed by atoms with E-state index in [1.165, 1.54) is 6.20 Å². The minimum Gasteiger partial charge on any atom is -0.379 e. The first-order valence-corrected chi connectivity index (χ1v) is 8.18. The molecule has 1 aliphatic heterocycles. The fourth-order valence-electron chi connectivity index (χ4n) is 2.09. The molecule has 1 aromatic rings. The van der Waals surface area contributed by atoms with Crippen molar-refractivity contribution in [1.82, 2.24) is 20.2 Å². The molecule has 1 atom stereocenters. The summed E-state index contributed by atoms with van der Waals surface area (Å²) < 4.78 is 32.9. The number of aromatic nitrogens is 2. The van der Waals surface area contributed by atoms with E-state index in [1.807, 2.05) is 20.8 Å². The van der Waals surface area contributed by atoms with Crippen LogP contribution in [0.1, 0.15) is 32.8 Å². The highest BCUT2D eigenvalue weighted by Gasteiger charge is 2.35. The maximum absolute atomic E-state index is 12.5. The molecule has 0 saturated carbocycles. The zero-order valence-corrected chi connectivity index (χ0v) is 12.9. The van der Waals surface area contributed by atoms with Crippen LogP contribution in [0.3, 0.4) is 0 Å². The van der Waals surface area contributed by atoms with Crippen LogP contribution in [-0.2, 0) is 21.3 Å². The number of hydrogen-bond acceptors (Lipinski definition) is 5. The van der Waals surface area contributed by atoms with E-state index in [2.05, 4.69) is 20.2 Å². The number of rotatable bonds is 6. The second-order valence-corrected chi connectivity index (χ2v) is 7.35. The Labute approximate surface area is 119 Å². The van der Waals surface area contributed by atoms with Gasteiger partial charge in [-0.05, 0) is 13.3 Å². The van der Waals surface area contributed by atoms with E-state index in [0.29, 0.717) is 31.7 Å². The molecule has 1 saturated heterocycles. The molecule has 8 heteroatoms. The summed E-state index contributed by atoms with van der Waals surface area (Å²) in [5.74, 6) is 0. The zero-order valence-electron chi connectivity index (χ0n) is 12.1. The number of nitrogens with zero attached hydrogens (tertiary/aromatic N) is 1. The van der Waals surface area contributed by atoms with E-state index < -0.39 is 15.6 Å². The lowest BCUT2D eigenvalue weighted by Crippen LogP contribution is -2.46. The lowest BCUT2D eigenvalue weighted by molar-refractivity contribution is 0.178. The molecule has 0 bridgehead atoms. The number of ether oxygens (including phenoxy) is 1. The van der Waals surface area contributed by atoms with Gasteiger partial charge in [0.05, 0.1) is 18.3 Å². The molecule has 2 rings (SSSR count). The third-order valence-electron chi connectivity index (χ3n) is 3.25. The lowest BCUT2D eigenvalue weighted by Gasteiger charge is -2.23. The molecule has 114 valence electrons. The number of nitrogens with one attached hydrogen (secondary N) is 3. The van der Waals surface area contributed by atoms with Crippen LogP contribution in [0.15, 0.2) is 11.2 Å². The summed E-state index contributed by atoms with van der Waals surface area (Å²) in [5.41, 5.74) is 0.0842. The second kappa shape index (κ2) is 5.80. The van der Waals surface area contributed by atoms with Gasteiger partial charge in [0.15, 0.2) is 5.03 Å². The smallest absolute Gasteiger partial charge is 0.258 e. The summed E-state index contributed by atoms with van der Waals surface area (Å²) in [5, 5.41) is 9.74. The first kappa shape index (κ1) is 15.4. The van der Waals surface area contributed by atoms with Crippen LogP contribution in [0.2, 0.25) is 0 Å². The third-order valence-corrected chi connectivity index (χ3v) is 4.90. The monoisotopic (exact) mass is 302 g/mol. The van der Waals surface area contributed by atoms with Crippen molar-refractivity contribution in [2.24, 2.45) is 0 Å². The Hall–Kier alpha value is -0.960. The molecule has 1 fully saturated rings. The van der Waals surface area contributed by atoms with Gasteiger partial charge < -0.3 is 10.1 Å². The predicted octanol–water partition coefficient (Wildman–Crippen LogP) is 0.365. The van der Waals surface area contributed by atoms with Gasteiger partial charge in [0.25, 0.3) is 10.0 Å². The Morgan fingerprint density at radius 2 is 2.30 bits per heavy atom. The Bertz CT molecular complexity index is 547. The van der Waals surface area contributed by atoms with Crippen LogP contribution < -0.4 is 10.0 Å². The molecule has 2 heterocycles. The summed E-state index contributed by atoms with van der Waals surface area (Å²) in [4.78, 5) is 0. The summed E-state index contributed by atoms with van der Waals surface area (Å²) >= 11 is 0. The van der Waals surface area contributed by atoms with E-state index in [0.717, 1.165) is 0 Å². The fraction of sp³-hybridized carbons (Fsp3) is 0.750. The molecule has 0 aliphatic carbocycles. The Morgan fingerprint density at radius 1 is 1.55 bits per heavy atom. The average Bonchev–Trinajstić information content (AvgIpc) is 2.94. The van der Waals surface area contributed by atoms with Crippen LogP contribution in [0.4, 0.5) is 0 Å². The molecule has 20 heavy (non-hydrogen) atoms. The van der Waals surface area contributed by atoms with Gasteiger partial charge in [-0.1, -0.05) is 13.8 Å². The van der Waals surface area contributed by atoms with Gasteiger partial charge in [0.2, 0.25) is 0 Å². The summed E-state index contributed by atoms with van der Waals surface area (Å²) in [6.07, 6.45) is 2.21. The highest BCUT2D eigenvalue weighted by Crippen LogP contribution is 2.21. The van der Waals surface area contributed by atoms with Gasteiger partial charge in [-0.2, -0.15) is 5.10 Å². The number of aromatic amines is 1. The highest BCUT2D eigenvalue weighted by molar-refractivity contribution is 7.89. The molecular formula is C12H22N4O3S. The molecule has 1 aliphatic rings. The Balaban J connectivity index is 2.15. The maximum Gasteiger partial charge on any atom is 0.258 e. The summed E-state index contributed by atoms with van der Waals surface area (Å²) in [6, 6.07) is 0.272. The van der Waals surface area contributed by atoms with Crippen molar-refractivity contribution < 1.29 is 13.2 Å². The van der Waals surface area contributed by atoms with Crippen molar-refractivity contribution in [1.29, 1.82) is 0 Å². The quantitative estimate of drug-likeness (QED) is 0.705. The zero-order chi connectivity index (χ0) is 14.8. The van der Waals surface area contributed by atoms with Crippen LogP contribution in [0, 0.1) is 0 Å². The molecule has 7 nitrogen and oxygen atoms in total. The Kier molecular flexibility index (Phi) is 4.48. The topological polar surface area (TPSA) is 96.1 Å².